The van der Waals surface area contributed by atoms with Crippen molar-refractivity contribution in [1.29, 1.82) is 0 Å². The highest BCUT2D eigenvalue weighted by Gasteiger charge is 2.23. The molecule has 0 saturated heterocycles. The molecule has 0 aliphatic rings. The topological polar surface area (TPSA) is 165 Å². The lowest BCUT2D eigenvalue weighted by Gasteiger charge is -2.22. The van der Waals surface area contributed by atoms with E-state index < -0.39 is 35.9 Å². The molecule has 0 unspecified atom stereocenters. The first kappa shape index (κ1) is 31.6. The van der Waals surface area contributed by atoms with Gasteiger partial charge in [-0.25, -0.2) is 19.2 Å². The summed E-state index contributed by atoms with van der Waals surface area (Å²) in [5, 5.41) is 16.5. The van der Waals surface area contributed by atoms with Gasteiger partial charge in [0.2, 0.25) is 5.96 Å². The van der Waals surface area contributed by atoms with Gasteiger partial charge in [0, 0.05) is 6.54 Å². The molecule has 12 nitrogen and oxygen atoms in total. The first-order valence-electron chi connectivity index (χ1n) is 12.7. The smallest absolute Gasteiger partial charge is 0.414 e. The summed E-state index contributed by atoms with van der Waals surface area (Å²) < 4.78 is 15.5. The zero-order valence-corrected chi connectivity index (χ0v) is 22.8. The van der Waals surface area contributed by atoms with Gasteiger partial charge in [-0.1, -0.05) is 60.7 Å². The SMILES string of the molecule is CC(C)(C)OC(=O)N[C@@H](CCCCN=C(NC(=O)OCc1ccccc1)NC(=O)OCc1ccccc1)C(=O)O. The number of unbranched alkanes of at least 4 members (excludes halogenated alkanes) is 1. The lowest BCUT2D eigenvalue weighted by molar-refractivity contribution is -0.139. The van der Waals surface area contributed by atoms with Gasteiger partial charge in [0.1, 0.15) is 24.9 Å². The van der Waals surface area contributed by atoms with Crippen molar-refractivity contribution in [2.45, 2.75) is 64.9 Å². The number of carboxylic acid groups (broad SMARTS) is 1. The van der Waals surface area contributed by atoms with Crippen LogP contribution < -0.4 is 16.0 Å². The van der Waals surface area contributed by atoms with Crippen LogP contribution in [0.15, 0.2) is 65.7 Å². The number of alkyl carbamates (subject to hydrolysis) is 3. The summed E-state index contributed by atoms with van der Waals surface area (Å²) in [6.45, 7) is 5.18. The standard InChI is InChI=1S/C28H36N4O8/c1-28(2,3)40-27(37)30-22(23(33)34)16-10-11-17-29-24(31-25(35)38-18-20-12-6-4-7-13-20)32-26(36)39-19-21-14-8-5-9-15-21/h4-9,12-15,22H,10-11,16-19H2,1-3H3,(H,30,37)(H,33,34)(H2,29,31,32,35,36)/t22-/m0/s1. The Morgan fingerprint density at radius 3 is 1.75 bits per heavy atom. The Bertz CT molecular complexity index is 1070. The number of hydrogen-bond acceptors (Lipinski definition) is 8. The largest absolute Gasteiger partial charge is 0.480 e. The van der Waals surface area contributed by atoms with E-state index in [-0.39, 0.29) is 32.1 Å². The van der Waals surface area contributed by atoms with E-state index in [1.54, 1.807) is 45.0 Å². The predicted octanol–water partition coefficient (Wildman–Crippen LogP) is 4.34. The van der Waals surface area contributed by atoms with E-state index in [9.17, 15) is 24.3 Å². The van der Waals surface area contributed by atoms with E-state index in [4.69, 9.17) is 14.2 Å². The molecule has 0 spiro atoms. The predicted molar refractivity (Wildman–Crippen MR) is 146 cm³/mol. The van der Waals surface area contributed by atoms with E-state index in [2.05, 4.69) is 20.9 Å². The number of rotatable bonds is 11. The zero-order valence-electron chi connectivity index (χ0n) is 22.8. The highest BCUT2D eigenvalue weighted by molar-refractivity contribution is 6.01. The highest BCUT2D eigenvalue weighted by Crippen LogP contribution is 2.09. The van der Waals surface area contributed by atoms with Crippen LogP contribution in [0.3, 0.4) is 0 Å². The molecule has 2 rings (SSSR count). The van der Waals surface area contributed by atoms with Gasteiger partial charge in [0.15, 0.2) is 0 Å². The number of nitrogens with zero attached hydrogens (tertiary/aromatic N) is 1. The van der Waals surface area contributed by atoms with Crippen LogP contribution in [0.2, 0.25) is 0 Å². The lowest BCUT2D eigenvalue weighted by atomic mass is 10.1. The second-order valence-electron chi connectivity index (χ2n) is 9.64. The fraction of sp³-hybridized carbons (Fsp3) is 0.393. The van der Waals surface area contributed by atoms with E-state index >= 15 is 0 Å². The van der Waals surface area contributed by atoms with Crippen LogP contribution >= 0.6 is 0 Å². The van der Waals surface area contributed by atoms with Crippen LogP contribution in [0, 0.1) is 0 Å². The van der Waals surface area contributed by atoms with E-state index in [0.29, 0.717) is 12.8 Å². The van der Waals surface area contributed by atoms with Gasteiger partial charge in [-0.2, -0.15) is 0 Å². The van der Waals surface area contributed by atoms with E-state index in [0.717, 1.165) is 11.1 Å². The van der Waals surface area contributed by atoms with Crippen molar-refractivity contribution in [2.24, 2.45) is 4.99 Å². The molecule has 0 saturated carbocycles. The zero-order chi connectivity index (χ0) is 29.4. The second-order valence-corrected chi connectivity index (χ2v) is 9.64. The van der Waals surface area contributed by atoms with Gasteiger partial charge < -0.3 is 24.6 Å². The van der Waals surface area contributed by atoms with Crippen molar-refractivity contribution in [1.82, 2.24) is 16.0 Å². The number of amides is 3. The lowest BCUT2D eigenvalue weighted by Crippen LogP contribution is -2.44. The van der Waals surface area contributed by atoms with Crippen molar-refractivity contribution in [3.8, 4) is 0 Å². The molecule has 4 N–H and O–H groups in total. The van der Waals surface area contributed by atoms with Gasteiger partial charge in [-0.05, 0) is 51.2 Å². The summed E-state index contributed by atoms with van der Waals surface area (Å²) in [6, 6.07) is 17.0. The van der Waals surface area contributed by atoms with Crippen LogP contribution in [0.4, 0.5) is 14.4 Å². The van der Waals surface area contributed by atoms with Crippen LogP contribution in [-0.4, -0.2) is 53.5 Å². The van der Waals surface area contributed by atoms with Crippen molar-refractivity contribution < 1.29 is 38.5 Å². The number of aliphatic carboxylic acids is 1. The number of carbonyl (C=O) groups excluding carboxylic acids is 3. The molecule has 0 heterocycles. The molecule has 3 amide bonds. The summed E-state index contributed by atoms with van der Waals surface area (Å²) in [4.78, 5) is 52.3. The van der Waals surface area contributed by atoms with Gasteiger partial charge in [0.05, 0.1) is 0 Å². The summed E-state index contributed by atoms with van der Waals surface area (Å²) in [5.41, 5.74) is 0.793. The van der Waals surface area contributed by atoms with Crippen LogP contribution in [0.1, 0.15) is 51.2 Å². The maximum atomic E-state index is 12.3. The third-order valence-corrected chi connectivity index (χ3v) is 5.03. The minimum absolute atomic E-state index is 0.0135. The molecule has 0 fully saturated rings. The van der Waals surface area contributed by atoms with Gasteiger partial charge in [-0.15, -0.1) is 0 Å². The van der Waals surface area contributed by atoms with Crippen molar-refractivity contribution >= 4 is 30.2 Å². The fourth-order valence-electron chi connectivity index (χ4n) is 3.18. The van der Waals surface area contributed by atoms with Crippen LogP contribution in [0.5, 0.6) is 0 Å². The maximum absolute atomic E-state index is 12.3. The average molecular weight is 557 g/mol. The number of benzene rings is 2. The number of aliphatic imine (C=N–C) groups is 1. The Morgan fingerprint density at radius 1 is 0.800 bits per heavy atom. The van der Waals surface area contributed by atoms with Crippen molar-refractivity contribution in [2.75, 3.05) is 6.54 Å². The Morgan fingerprint density at radius 2 is 1.30 bits per heavy atom. The van der Waals surface area contributed by atoms with Crippen molar-refractivity contribution in [3.63, 3.8) is 0 Å². The fourth-order valence-corrected chi connectivity index (χ4v) is 3.18. The molecule has 216 valence electrons. The van der Waals surface area contributed by atoms with Crippen LogP contribution in [-0.2, 0) is 32.2 Å². The van der Waals surface area contributed by atoms with Gasteiger partial charge in [-0.3, -0.25) is 15.6 Å². The third-order valence-electron chi connectivity index (χ3n) is 5.03. The summed E-state index contributed by atoms with van der Waals surface area (Å²) in [7, 11) is 0. The Labute approximate surface area is 233 Å². The number of guanidine groups is 1. The average Bonchev–Trinajstić information content (AvgIpc) is 2.90. The first-order valence-corrected chi connectivity index (χ1v) is 12.7. The van der Waals surface area contributed by atoms with Crippen LogP contribution in [0.25, 0.3) is 0 Å². The highest BCUT2D eigenvalue weighted by atomic mass is 16.6. The minimum atomic E-state index is -1.19. The quantitative estimate of drug-likeness (QED) is 0.137. The van der Waals surface area contributed by atoms with E-state index in [1.807, 2.05) is 36.4 Å². The molecular weight excluding hydrogens is 520 g/mol. The molecule has 40 heavy (non-hydrogen) atoms. The molecule has 0 bridgehead atoms. The normalized spacial score (nSPS) is 11.4. The number of hydrogen-bond donors (Lipinski definition) is 4. The molecule has 2 aromatic carbocycles. The number of carbonyl (C=O) groups is 4. The summed E-state index contributed by atoms with van der Waals surface area (Å²) in [5.74, 6) is -1.38. The summed E-state index contributed by atoms with van der Waals surface area (Å²) in [6.07, 6.45) is -1.60. The number of ether oxygens (including phenoxy) is 3. The molecule has 0 aromatic heterocycles. The Kier molecular flexibility index (Phi) is 12.9. The monoisotopic (exact) mass is 556 g/mol. The first-order chi connectivity index (χ1) is 19.0. The molecular formula is C28H36N4O8. The molecule has 1 atom stereocenters. The molecule has 2 aromatic rings. The van der Waals surface area contributed by atoms with Gasteiger partial charge in [0.25, 0.3) is 0 Å². The maximum Gasteiger partial charge on any atom is 0.414 e. The molecule has 0 aliphatic carbocycles. The number of nitrogens with one attached hydrogen (secondary N) is 3. The summed E-state index contributed by atoms with van der Waals surface area (Å²) >= 11 is 0. The Hall–Kier alpha value is -4.61. The third kappa shape index (κ3) is 13.8. The van der Waals surface area contributed by atoms with Crippen molar-refractivity contribution in [3.05, 3.63) is 71.8 Å². The minimum Gasteiger partial charge on any atom is -0.480 e. The second kappa shape index (κ2) is 16.4. The molecule has 12 heteroatoms. The Balaban J connectivity index is 1.91. The van der Waals surface area contributed by atoms with Gasteiger partial charge >= 0.3 is 24.2 Å². The number of carboxylic acids is 1. The molecule has 0 aliphatic heterocycles. The van der Waals surface area contributed by atoms with E-state index in [1.165, 1.54) is 0 Å². The molecule has 0 radical (unpaired) electrons.